The number of aliphatic hydroxyl groups is 1. The SMILES string of the molecule is CC(=O)OCC1(C)C2C[C@H](C)[C@@]3(C)Oc4cc(-c5cccnc5)oc(=O)c4[C@H](O)C3[C@@]2(C)CC[C@@H]1OC(C)=O. The maximum absolute atomic E-state index is 13.3. The van der Waals surface area contributed by atoms with Crippen LogP contribution in [0, 0.1) is 28.6 Å². The lowest BCUT2D eigenvalue weighted by molar-refractivity contribution is -0.253. The van der Waals surface area contributed by atoms with Crippen molar-refractivity contribution in [2.24, 2.45) is 28.6 Å². The van der Waals surface area contributed by atoms with Crippen molar-refractivity contribution in [3.63, 3.8) is 0 Å². The Balaban J connectivity index is 1.61. The summed E-state index contributed by atoms with van der Waals surface area (Å²) >= 11 is 0. The summed E-state index contributed by atoms with van der Waals surface area (Å²) in [7, 11) is 0. The number of fused-ring (bicyclic) bond motifs is 4. The van der Waals surface area contributed by atoms with Gasteiger partial charge in [-0.3, -0.25) is 14.6 Å². The van der Waals surface area contributed by atoms with Crippen LogP contribution in [0.5, 0.6) is 5.75 Å². The second kappa shape index (κ2) is 9.47. The predicted molar refractivity (Wildman–Crippen MR) is 141 cm³/mol. The molecule has 3 heterocycles. The Hall–Kier alpha value is -3.20. The average Bonchev–Trinajstić information content (AvgIpc) is 2.86. The maximum atomic E-state index is 13.3. The molecule has 210 valence electrons. The third-order valence-corrected chi connectivity index (χ3v) is 9.90. The number of pyridine rings is 1. The van der Waals surface area contributed by atoms with Crippen molar-refractivity contribution in [1.82, 2.24) is 4.98 Å². The van der Waals surface area contributed by atoms with Crippen molar-refractivity contribution >= 4 is 11.9 Å². The molecule has 9 heteroatoms. The van der Waals surface area contributed by atoms with Crippen LogP contribution in [-0.2, 0) is 19.1 Å². The number of hydrogen-bond acceptors (Lipinski definition) is 9. The van der Waals surface area contributed by atoms with Gasteiger partial charge in [-0.2, -0.15) is 0 Å². The van der Waals surface area contributed by atoms with E-state index < -0.39 is 46.2 Å². The Bertz CT molecular complexity index is 1340. The number of carbonyl (C=O) groups is 2. The number of nitrogens with zero attached hydrogens (tertiary/aromatic N) is 1. The predicted octanol–water partition coefficient (Wildman–Crippen LogP) is 4.46. The number of aromatic nitrogens is 1. The molecule has 3 unspecified atom stereocenters. The van der Waals surface area contributed by atoms with Crippen LogP contribution in [0.25, 0.3) is 11.3 Å². The van der Waals surface area contributed by atoms with Crippen molar-refractivity contribution in [2.45, 2.75) is 78.6 Å². The van der Waals surface area contributed by atoms with E-state index in [2.05, 4.69) is 18.8 Å². The van der Waals surface area contributed by atoms with E-state index in [9.17, 15) is 19.5 Å². The minimum Gasteiger partial charge on any atom is -0.486 e. The maximum Gasteiger partial charge on any atom is 0.345 e. The van der Waals surface area contributed by atoms with Gasteiger partial charge in [0.1, 0.15) is 35.4 Å². The van der Waals surface area contributed by atoms with Gasteiger partial charge in [-0.1, -0.05) is 20.8 Å². The van der Waals surface area contributed by atoms with Gasteiger partial charge in [-0.15, -0.1) is 0 Å². The van der Waals surface area contributed by atoms with Gasteiger partial charge in [0.15, 0.2) is 0 Å². The Labute approximate surface area is 227 Å². The van der Waals surface area contributed by atoms with Gasteiger partial charge in [0.05, 0.1) is 6.10 Å². The number of hydrogen-bond donors (Lipinski definition) is 1. The highest BCUT2D eigenvalue weighted by Gasteiger charge is 2.69. The molecule has 2 aromatic rings. The first-order valence-electron chi connectivity index (χ1n) is 13.6. The molecule has 0 saturated heterocycles. The van der Waals surface area contributed by atoms with E-state index in [1.54, 1.807) is 30.6 Å². The Morgan fingerprint density at radius 2 is 1.95 bits per heavy atom. The number of ether oxygens (including phenoxy) is 3. The van der Waals surface area contributed by atoms with E-state index in [1.807, 2.05) is 13.8 Å². The number of esters is 2. The highest BCUT2D eigenvalue weighted by atomic mass is 16.6. The molecule has 0 radical (unpaired) electrons. The van der Waals surface area contributed by atoms with Gasteiger partial charge in [0, 0.05) is 49.2 Å². The third-order valence-electron chi connectivity index (χ3n) is 9.90. The van der Waals surface area contributed by atoms with Crippen LogP contribution >= 0.6 is 0 Å². The molecule has 39 heavy (non-hydrogen) atoms. The van der Waals surface area contributed by atoms with Gasteiger partial charge >= 0.3 is 17.6 Å². The molecule has 2 aromatic heterocycles. The summed E-state index contributed by atoms with van der Waals surface area (Å²) in [4.78, 5) is 41.3. The molecular weight excluding hydrogens is 502 g/mol. The van der Waals surface area contributed by atoms with E-state index in [1.165, 1.54) is 13.8 Å². The molecule has 1 aliphatic heterocycles. The van der Waals surface area contributed by atoms with E-state index in [-0.39, 0.29) is 30.0 Å². The summed E-state index contributed by atoms with van der Waals surface area (Å²) in [5.74, 6) is -0.763. The van der Waals surface area contributed by atoms with Crippen LogP contribution in [0.2, 0.25) is 0 Å². The van der Waals surface area contributed by atoms with Crippen molar-refractivity contribution in [3.05, 3.63) is 46.6 Å². The smallest absolute Gasteiger partial charge is 0.345 e. The largest absolute Gasteiger partial charge is 0.486 e. The van der Waals surface area contributed by atoms with Crippen molar-refractivity contribution in [3.8, 4) is 17.1 Å². The van der Waals surface area contributed by atoms with Crippen molar-refractivity contribution in [1.29, 1.82) is 0 Å². The van der Waals surface area contributed by atoms with Crippen LogP contribution in [-0.4, -0.2) is 40.3 Å². The molecule has 0 bridgehead atoms. The number of aliphatic hydroxyl groups excluding tert-OH is 1. The van der Waals surface area contributed by atoms with E-state index in [0.717, 1.165) is 0 Å². The fourth-order valence-electron chi connectivity index (χ4n) is 7.95. The molecule has 3 aliphatic rings. The molecule has 2 aliphatic carbocycles. The molecule has 2 saturated carbocycles. The van der Waals surface area contributed by atoms with Gasteiger partial charge < -0.3 is 23.7 Å². The van der Waals surface area contributed by atoms with Crippen LogP contribution in [0.1, 0.15) is 72.5 Å². The summed E-state index contributed by atoms with van der Waals surface area (Å²) in [5.41, 5.74) is -1.92. The zero-order chi connectivity index (χ0) is 28.3. The molecule has 5 rings (SSSR count). The molecule has 2 fully saturated rings. The summed E-state index contributed by atoms with van der Waals surface area (Å²) in [6.07, 6.45) is 3.50. The van der Waals surface area contributed by atoms with Crippen molar-refractivity contribution in [2.75, 3.05) is 6.61 Å². The van der Waals surface area contributed by atoms with Gasteiger partial charge in [0.2, 0.25) is 0 Å². The average molecular weight is 540 g/mol. The zero-order valence-electron chi connectivity index (χ0n) is 23.4. The van der Waals surface area contributed by atoms with Crippen molar-refractivity contribution < 1.29 is 33.3 Å². The fourth-order valence-corrected chi connectivity index (χ4v) is 7.95. The lowest BCUT2D eigenvalue weighted by Crippen LogP contribution is -2.69. The lowest BCUT2D eigenvalue weighted by atomic mass is 9.41. The van der Waals surface area contributed by atoms with Gasteiger partial charge in [0.25, 0.3) is 0 Å². The normalized spacial score (nSPS) is 36.9. The van der Waals surface area contributed by atoms with E-state index in [4.69, 9.17) is 18.6 Å². The van der Waals surface area contributed by atoms with Gasteiger partial charge in [-0.25, -0.2) is 4.79 Å². The molecule has 0 spiro atoms. The van der Waals surface area contributed by atoms with Gasteiger partial charge in [-0.05, 0) is 55.6 Å². The monoisotopic (exact) mass is 539 g/mol. The van der Waals surface area contributed by atoms with Crippen LogP contribution in [0.4, 0.5) is 0 Å². The fraction of sp³-hybridized carbons (Fsp3) is 0.600. The molecular formula is C30H37NO8. The first kappa shape index (κ1) is 27.4. The topological polar surface area (TPSA) is 125 Å². The molecule has 0 aromatic carbocycles. The minimum atomic E-state index is -1.14. The first-order chi connectivity index (χ1) is 18.3. The Kier molecular flexibility index (Phi) is 6.64. The zero-order valence-corrected chi connectivity index (χ0v) is 23.4. The molecule has 8 atom stereocenters. The summed E-state index contributed by atoms with van der Waals surface area (Å²) in [6, 6.07) is 5.22. The second-order valence-electron chi connectivity index (χ2n) is 12.2. The summed E-state index contributed by atoms with van der Waals surface area (Å²) in [5, 5.41) is 12.0. The number of carbonyl (C=O) groups excluding carboxylic acids is 2. The third kappa shape index (κ3) is 4.26. The lowest BCUT2D eigenvalue weighted by Gasteiger charge is -2.66. The quantitative estimate of drug-likeness (QED) is 0.561. The van der Waals surface area contributed by atoms with E-state index in [0.29, 0.717) is 36.3 Å². The summed E-state index contributed by atoms with van der Waals surface area (Å²) < 4.78 is 23.7. The summed E-state index contributed by atoms with van der Waals surface area (Å²) in [6.45, 7) is 11.0. The highest BCUT2D eigenvalue weighted by Crippen LogP contribution is 2.68. The molecule has 1 N–H and O–H groups in total. The standard InChI is InChI=1S/C30H37NO8/c1-16-12-22-28(4,10-9-23(37-18(3)33)29(22,5)15-36-17(2)32)26-25(34)24-21(39-30(16,26)6)13-20(38-27(24)35)19-8-7-11-31-14-19/h7-8,11,13-14,16,22-23,25-26,34H,9-10,12,15H2,1-6H3/t16-,22?,23-,25-,26?,28-,29?,30+/m0/s1. The molecule has 9 nitrogen and oxygen atoms in total. The Morgan fingerprint density at radius 3 is 2.59 bits per heavy atom. The minimum absolute atomic E-state index is 0.0507. The number of rotatable bonds is 4. The van der Waals surface area contributed by atoms with E-state index >= 15 is 0 Å². The second-order valence-corrected chi connectivity index (χ2v) is 12.2. The Morgan fingerprint density at radius 1 is 1.21 bits per heavy atom. The van der Waals surface area contributed by atoms with Crippen LogP contribution in [0.3, 0.4) is 0 Å². The molecule has 0 amide bonds. The highest BCUT2D eigenvalue weighted by molar-refractivity contribution is 5.67. The first-order valence-corrected chi connectivity index (χ1v) is 13.6. The van der Waals surface area contributed by atoms with Crippen LogP contribution in [0.15, 0.2) is 39.8 Å². The van der Waals surface area contributed by atoms with Crippen LogP contribution < -0.4 is 10.4 Å².